The number of hydrogen-bond donors (Lipinski definition) is 1. The number of anilines is 1. The van der Waals surface area contributed by atoms with Gasteiger partial charge in [-0.2, -0.15) is 0 Å². The van der Waals surface area contributed by atoms with Crippen LogP contribution < -0.4 is 5.73 Å². The summed E-state index contributed by atoms with van der Waals surface area (Å²) in [5.74, 6) is 0.0388. The average Bonchev–Trinajstić information content (AvgIpc) is 3.39. The fourth-order valence-corrected chi connectivity index (χ4v) is 4.68. The number of nitrogens with zero attached hydrogens (tertiary/aromatic N) is 4. The van der Waals surface area contributed by atoms with Crippen LogP contribution in [-0.2, 0) is 22.4 Å². The second-order valence-electron chi connectivity index (χ2n) is 6.96. The van der Waals surface area contributed by atoms with E-state index >= 15 is 0 Å². The molecule has 3 heterocycles. The highest BCUT2D eigenvalue weighted by atomic mass is 79.9. The van der Waals surface area contributed by atoms with Gasteiger partial charge in [-0.25, -0.2) is 19.3 Å². The van der Waals surface area contributed by atoms with E-state index < -0.39 is 6.29 Å². The molecule has 4 aromatic rings. The quantitative estimate of drug-likeness (QED) is 0.379. The third kappa shape index (κ3) is 4.03. The van der Waals surface area contributed by atoms with Gasteiger partial charge in [-0.05, 0) is 35.9 Å². The van der Waals surface area contributed by atoms with E-state index in [0.29, 0.717) is 39.9 Å². The highest BCUT2D eigenvalue weighted by molar-refractivity contribution is 9.10. The standard InChI is InChI=1S/C22H17BrFN5O2S/c23-15-7-3-2-6-14(15)21-30-11-17(31-21)32-22-28-18-19(25)26-12-27-20(18)29(22)10-9-13-5-1-4-8-16(13)24/h1-8,11-12,21H,9-10H2,(H2,25,26,27). The van der Waals surface area contributed by atoms with E-state index in [1.54, 1.807) is 18.4 Å². The molecule has 0 radical (unpaired) electrons. The second kappa shape index (κ2) is 8.79. The van der Waals surface area contributed by atoms with Gasteiger partial charge in [-0.15, -0.1) is 0 Å². The first-order chi connectivity index (χ1) is 15.6. The highest BCUT2D eigenvalue weighted by Gasteiger charge is 2.26. The van der Waals surface area contributed by atoms with Gasteiger partial charge in [0.15, 0.2) is 22.1 Å². The lowest BCUT2D eigenvalue weighted by atomic mass is 10.1. The van der Waals surface area contributed by atoms with Crippen molar-refractivity contribution in [1.82, 2.24) is 19.5 Å². The molecule has 5 rings (SSSR count). The first kappa shape index (κ1) is 20.8. The largest absolute Gasteiger partial charge is 0.454 e. The maximum Gasteiger partial charge on any atom is 0.268 e. The summed E-state index contributed by atoms with van der Waals surface area (Å²) < 4.78 is 28.6. The fraction of sp³-hybridized carbons (Fsp3) is 0.136. The third-order valence-corrected chi connectivity index (χ3v) is 6.56. The van der Waals surface area contributed by atoms with Crippen LogP contribution in [0.4, 0.5) is 10.2 Å². The smallest absolute Gasteiger partial charge is 0.268 e. The predicted molar refractivity (Wildman–Crippen MR) is 123 cm³/mol. The van der Waals surface area contributed by atoms with Gasteiger partial charge in [0.1, 0.15) is 18.4 Å². The number of nitrogens with two attached hydrogens (primary N) is 1. The number of benzene rings is 2. The van der Waals surface area contributed by atoms with Crippen LogP contribution in [-0.4, -0.2) is 19.5 Å². The summed E-state index contributed by atoms with van der Waals surface area (Å²) in [6.45, 7) is 0.456. The van der Waals surface area contributed by atoms with Crippen molar-refractivity contribution in [2.24, 2.45) is 0 Å². The van der Waals surface area contributed by atoms with E-state index in [4.69, 9.17) is 15.2 Å². The Labute approximate surface area is 195 Å². The first-order valence-corrected chi connectivity index (χ1v) is 11.4. The number of halogens is 2. The maximum absolute atomic E-state index is 14.1. The number of aryl methyl sites for hydroxylation is 2. The Kier molecular flexibility index (Phi) is 5.71. The van der Waals surface area contributed by atoms with Crippen LogP contribution in [0.1, 0.15) is 17.4 Å². The molecule has 1 aliphatic heterocycles. The van der Waals surface area contributed by atoms with E-state index in [1.807, 2.05) is 34.9 Å². The van der Waals surface area contributed by atoms with Crippen LogP contribution in [0, 0.1) is 5.82 Å². The molecule has 2 N–H and O–H groups in total. The molecule has 0 spiro atoms. The number of rotatable bonds is 6. The zero-order valence-electron chi connectivity index (χ0n) is 16.6. The average molecular weight is 514 g/mol. The van der Waals surface area contributed by atoms with Crippen molar-refractivity contribution in [3.8, 4) is 0 Å². The number of ether oxygens (including phenoxy) is 2. The molecule has 32 heavy (non-hydrogen) atoms. The number of aromatic nitrogens is 4. The van der Waals surface area contributed by atoms with Gasteiger partial charge in [0, 0.05) is 16.6 Å². The van der Waals surface area contributed by atoms with Crippen molar-refractivity contribution < 1.29 is 13.9 Å². The van der Waals surface area contributed by atoms with Gasteiger partial charge in [-0.1, -0.05) is 52.3 Å². The minimum Gasteiger partial charge on any atom is -0.454 e. The van der Waals surface area contributed by atoms with Crippen molar-refractivity contribution in [3.05, 3.63) is 87.6 Å². The van der Waals surface area contributed by atoms with Gasteiger partial charge in [-0.3, -0.25) is 0 Å². The zero-order valence-corrected chi connectivity index (χ0v) is 19.0. The van der Waals surface area contributed by atoms with Crippen LogP contribution in [0.15, 0.2) is 75.8 Å². The van der Waals surface area contributed by atoms with Crippen molar-refractivity contribution in [2.45, 2.75) is 24.4 Å². The first-order valence-electron chi connectivity index (χ1n) is 9.75. The second-order valence-corrected chi connectivity index (χ2v) is 8.79. The summed E-state index contributed by atoms with van der Waals surface area (Å²) in [5.41, 5.74) is 8.58. The van der Waals surface area contributed by atoms with Gasteiger partial charge in [0.25, 0.3) is 6.29 Å². The molecule has 1 atom stereocenters. The Morgan fingerprint density at radius 2 is 1.94 bits per heavy atom. The Morgan fingerprint density at radius 3 is 2.78 bits per heavy atom. The zero-order chi connectivity index (χ0) is 22.1. The molecule has 0 fully saturated rings. The third-order valence-electron chi connectivity index (χ3n) is 4.95. The Bertz CT molecular complexity index is 1330. The maximum atomic E-state index is 14.1. The van der Waals surface area contributed by atoms with Crippen molar-refractivity contribution in [2.75, 3.05) is 5.73 Å². The molecule has 1 unspecified atom stereocenters. The van der Waals surface area contributed by atoms with Crippen LogP contribution in [0.5, 0.6) is 0 Å². The monoisotopic (exact) mass is 513 g/mol. The minimum atomic E-state index is -0.561. The molecule has 0 aliphatic carbocycles. The highest BCUT2D eigenvalue weighted by Crippen LogP contribution is 2.40. The molecule has 7 nitrogen and oxygen atoms in total. The van der Waals surface area contributed by atoms with Crippen molar-refractivity contribution >= 4 is 44.7 Å². The molecular weight excluding hydrogens is 497 g/mol. The Balaban J connectivity index is 1.41. The van der Waals surface area contributed by atoms with Crippen LogP contribution in [0.25, 0.3) is 11.2 Å². The number of imidazole rings is 1. The van der Waals surface area contributed by atoms with Crippen molar-refractivity contribution in [3.63, 3.8) is 0 Å². The molecule has 2 aromatic heterocycles. The topological polar surface area (TPSA) is 88.1 Å². The SMILES string of the molecule is Nc1ncnc2c1nc(SC1=COC(c3ccccc3Br)O1)n2CCc1ccccc1F. The Hall–Kier alpha value is -3.11. The molecule has 162 valence electrons. The lowest BCUT2D eigenvalue weighted by Gasteiger charge is -2.13. The van der Waals surface area contributed by atoms with Crippen LogP contribution in [0.3, 0.4) is 0 Å². The van der Waals surface area contributed by atoms with Crippen molar-refractivity contribution in [1.29, 1.82) is 0 Å². The van der Waals surface area contributed by atoms with Gasteiger partial charge >= 0.3 is 0 Å². The van der Waals surface area contributed by atoms with E-state index in [0.717, 1.165) is 10.0 Å². The molecule has 0 saturated heterocycles. The minimum absolute atomic E-state index is 0.244. The number of fused-ring (bicyclic) bond motifs is 1. The molecule has 0 amide bonds. The summed E-state index contributed by atoms with van der Waals surface area (Å²) in [6, 6.07) is 14.4. The van der Waals surface area contributed by atoms with E-state index in [-0.39, 0.29) is 11.6 Å². The van der Waals surface area contributed by atoms with Crippen LogP contribution >= 0.6 is 27.7 Å². The summed E-state index contributed by atoms with van der Waals surface area (Å²) in [7, 11) is 0. The molecule has 0 saturated carbocycles. The van der Waals surface area contributed by atoms with Gasteiger partial charge in [0.2, 0.25) is 5.09 Å². The van der Waals surface area contributed by atoms with E-state index in [1.165, 1.54) is 24.2 Å². The normalized spacial score (nSPS) is 15.4. The van der Waals surface area contributed by atoms with E-state index in [2.05, 4.69) is 30.9 Å². The van der Waals surface area contributed by atoms with E-state index in [9.17, 15) is 4.39 Å². The summed E-state index contributed by atoms with van der Waals surface area (Å²) in [6.07, 6.45) is 2.86. The molecular formula is C22H17BrFN5O2S. The number of hydrogen-bond acceptors (Lipinski definition) is 7. The lowest BCUT2D eigenvalue weighted by molar-refractivity contribution is -0.0278. The number of thioether (sulfide) groups is 1. The molecule has 10 heteroatoms. The molecule has 1 aliphatic rings. The van der Waals surface area contributed by atoms with Gasteiger partial charge in [0.05, 0.1) is 0 Å². The fourth-order valence-electron chi connectivity index (χ4n) is 3.37. The Morgan fingerprint density at radius 1 is 1.12 bits per heavy atom. The van der Waals surface area contributed by atoms with Crippen LogP contribution in [0.2, 0.25) is 0 Å². The molecule has 2 aromatic carbocycles. The lowest BCUT2D eigenvalue weighted by Crippen LogP contribution is -2.06. The predicted octanol–water partition coefficient (Wildman–Crippen LogP) is 5.19. The molecule has 0 bridgehead atoms. The summed E-state index contributed by atoms with van der Waals surface area (Å²) in [4.78, 5) is 13.0. The number of nitrogen functional groups attached to an aromatic ring is 1. The van der Waals surface area contributed by atoms with Gasteiger partial charge < -0.3 is 19.8 Å². The summed E-state index contributed by atoms with van der Waals surface area (Å²) in [5, 5.41) is 1.14. The summed E-state index contributed by atoms with van der Waals surface area (Å²) >= 11 is 4.81.